The molecule has 1 aromatic heterocycles. The van der Waals surface area contributed by atoms with E-state index >= 15 is 0 Å². The van der Waals surface area contributed by atoms with Crippen molar-refractivity contribution >= 4 is 58.7 Å². The van der Waals surface area contributed by atoms with Crippen molar-refractivity contribution < 1.29 is 29.4 Å². The summed E-state index contributed by atoms with van der Waals surface area (Å²) in [5.41, 5.74) is 0.870. The number of urea groups is 1. The topological polar surface area (TPSA) is 162 Å². The number of carbonyl (C=O) groups is 4. The molecule has 4 rings (SSSR count). The summed E-state index contributed by atoms with van der Waals surface area (Å²) < 4.78 is 0.708. The molecule has 3 amide bonds. The van der Waals surface area contributed by atoms with Gasteiger partial charge in [0.1, 0.15) is 22.1 Å². The van der Waals surface area contributed by atoms with Gasteiger partial charge in [0.05, 0.1) is 0 Å². The lowest BCUT2D eigenvalue weighted by atomic mass is 10.0. The van der Waals surface area contributed by atoms with E-state index in [1.165, 1.54) is 39.8 Å². The van der Waals surface area contributed by atoms with Crippen LogP contribution in [-0.2, 0) is 14.4 Å². The van der Waals surface area contributed by atoms with Crippen LogP contribution in [0.2, 0.25) is 0 Å². The van der Waals surface area contributed by atoms with Crippen LogP contribution in [-0.4, -0.2) is 72.1 Å². The van der Waals surface area contributed by atoms with E-state index in [-0.39, 0.29) is 5.70 Å². The van der Waals surface area contributed by atoms with Crippen LogP contribution in [0.3, 0.4) is 0 Å². The average molecular weight is 522 g/mol. The zero-order valence-corrected chi connectivity index (χ0v) is 20.1. The van der Waals surface area contributed by atoms with Crippen molar-refractivity contribution in [2.45, 2.75) is 28.7 Å². The number of aryl methyl sites for hydroxylation is 1. The molecular weight excluding hydrogens is 502 g/mol. The van der Waals surface area contributed by atoms with Crippen LogP contribution in [0, 0.1) is 6.92 Å². The summed E-state index contributed by atoms with van der Waals surface area (Å²) in [6.07, 6.45) is 0. The third-order valence-corrected chi connectivity index (χ3v) is 8.47. The molecule has 2 aromatic rings. The van der Waals surface area contributed by atoms with Gasteiger partial charge in [0.25, 0.3) is 5.91 Å². The standard InChI is InChI=1S/C20H19N5O6S3/c1-9-23-24-20(34-9)33-8-11-7-32-16-13(15(26)25(16)14(11)18(29)30)22-19(31)21-12(17(27)28)10-5-3-2-4-6-10/h2-6,12-13,16H,7-8H2,1H3,(H,27,28)(H,29,30)(H2,21,22,31)/t12?,13?,16-/m0/s1. The van der Waals surface area contributed by atoms with E-state index in [4.69, 9.17) is 0 Å². The number of nitrogens with zero attached hydrogens (tertiary/aromatic N) is 3. The van der Waals surface area contributed by atoms with E-state index in [9.17, 15) is 29.4 Å². The minimum atomic E-state index is -1.30. The van der Waals surface area contributed by atoms with Crippen LogP contribution in [0.5, 0.6) is 0 Å². The lowest BCUT2D eigenvalue weighted by Gasteiger charge is -2.49. The molecule has 0 spiro atoms. The summed E-state index contributed by atoms with van der Waals surface area (Å²) in [6.45, 7) is 1.82. The molecule has 11 nitrogen and oxygen atoms in total. The number of amides is 3. The van der Waals surface area contributed by atoms with Crippen LogP contribution < -0.4 is 10.6 Å². The van der Waals surface area contributed by atoms with Crippen molar-refractivity contribution in [1.82, 2.24) is 25.7 Å². The highest BCUT2D eigenvalue weighted by Crippen LogP contribution is 2.41. The Morgan fingerprint density at radius 3 is 2.59 bits per heavy atom. The first kappa shape index (κ1) is 24.0. The van der Waals surface area contributed by atoms with Crippen LogP contribution >= 0.6 is 34.9 Å². The SMILES string of the molecule is Cc1nnc(SCC2=C(C(=O)O)N3C(=O)C(NC(=O)NC(C(=O)O)c4ccccc4)[C@@H]3SC2)s1. The molecule has 2 aliphatic heterocycles. The average Bonchev–Trinajstić information content (AvgIpc) is 3.24. The van der Waals surface area contributed by atoms with Gasteiger partial charge in [0.15, 0.2) is 10.4 Å². The molecule has 0 aliphatic carbocycles. The van der Waals surface area contributed by atoms with Gasteiger partial charge in [-0.3, -0.25) is 9.69 Å². The molecule has 0 radical (unpaired) electrons. The summed E-state index contributed by atoms with van der Waals surface area (Å²) in [4.78, 5) is 50.0. The van der Waals surface area contributed by atoms with E-state index in [2.05, 4.69) is 20.8 Å². The zero-order chi connectivity index (χ0) is 24.4. The van der Waals surface area contributed by atoms with Gasteiger partial charge in [-0.25, -0.2) is 14.4 Å². The molecule has 0 saturated carbocycles. The minimum Gasteiger partial charge on any atom is -0.479 e. The predicted octanol–water partition coefficient (Wildman–Crippen LogP) is 1.69. The summed E-state index contributed by atoms with van der Waals surface area (Å²) in [5.74, 6) is -2.33. The number of carbonyl (C=O) groups excluding carboxylic acids is 2. The highest BCUT2D eigenvalue weighted by Gasteiger charge is 2.54. The smallest absolute Gasteiger partial charge is 0.352 e. The first-order chi connectivity index (χ1) is 16.3. The number of carboxylic acid groups (broad SMARTS) is 2. The number of aromatic nitrogens is 2. The normalized spacial score (nSPS) is 20.3. The van der Waals surface area contributed by atoms with Gasteiger partial charge in [0.2, 0.25) is 0 Å². The lowest BCUT2D eigenvalue weighted by Crippen LogP contribution is -2.71. The number of hydrogen-bond donors (Lipinski definition) is 4. The molecule has 1 fully saturated rings. The third-order valence-electron chi connectivity index (χ3n) is 5.07. The van der Waals surface area contributed by atoms with Crippen LogP contribution in [0.4, 0.5) is 4.79 Å². The predicted molar refractivity (Wildman–Crippen MR) is 125 cm³/mol. The quantitative estimate of drug-likeness (QED) is 0.297. The number of carboxylic acids is 2. The minimum absolute atomic E-state index is 0.0892. The van der Waals surface area contributed by atoms with Gasteiger partial charge in [-0.15, -0.1) is 22.0 Å². The molecule has 2 unspecified atom stereocenters. The lowest BCUT2D eigenvalue weighted by molar-refractivity contribution is -0.148. The maximum absolute atomic E-state index is 12.8. The molecule has 3 atom stereocenters. The van der Waals surface area contributed by atoms with Gasteiger partial charge in [-0.1, -0.05) is 53.4 Å². The number of nitrogens with one attached hydrogen (secondary N) is 2. The van der Waals surface area contributed by atoms with Crippen LogP contribution in [0.15, 0.2) is 45.9 Å². The van der Waals surface area contributed by atoms with Crippen molar-refractivity contribution in [3.05, 3.63) is 52.2 Å². The van der Waals surface area contributed by atoms with Crippen molar-refractivity contribution in [1.29, 1.82) is 0 Å². The number of thioether (sulfide) groups is 2. The maximum atomic E-state index is 12.8. The second-order valence-electron chi connectivity index (χ2n) is 7.32. The second-order valence-corrected chi connectivity index (χ2v) is 10.8. The van der Waals surface area contributed by atoms with Gasteiger partial charge in [-0.05, 0) is 18.1 Å². The van der Waals surface area contributed by atoms with Gasteiger partial charge in [-0.2, -0.15) is 0 Å². The molecule has 1 aromatic carbocycles. The summed E-state index contributed by atoms with van der Waals surface area (Å²) in [7, 11) is 0. The molecule has 0 bridgehead atoms. The number of benzene rings is 1. The molecule has 14 heteroatoms. The first-order valence-electron chi connectivity index (χ1n) is 9.94. The second kappa shape index (κ2) is 10.0. The molecular formula is C20H19N5O6S3. The van der Waals surface area contributed by atoms with E-state index in [1.807, 2.05) is 6.92 Å². The fourth-order valence-corrected chi connectivity index (χ4v) is 6.83. The molecule has 178 valence electrons. The largest absolute Gasteiger partial charge is 0.479 e. The van der Waals surface area contributed by atoms with Crippen molar-refractivity contribution in [2.24, 2.45) is 0 Å². The zero-order valence-electron chi connectivity index (χ0n) is 17.6. The van der Waals surface area contributed by atoms with Crippen molar-refractivity contribution in [3.63, 3.8) is 0 Å². The monoisotopic (exact) mass is 521 g/mol. The fourth-order valence-electron chi connectivity index (χ4n) is 3.53. The van der Waals surface area contributed by atoms with Gasteiger partial charge < -0.3 is 20.8 Å². The highest BCUT2D eigenvalue weighted by atomic mass is 32.2. The first-order valence-corrected chi connectivity index (χ1v) is 12.8. The number of fused-ring (bicyclic) bond motifs is 1. The number of aliphatic carboxylic acids is 2. The Morgan fingerprint density at radius 2 is 1.97 bits per heavy atom. The Bertz CT molecular complexity index is 1170. The van der Waals surface area contributed by atoms with Crippen molar-refractivity contribution in [2.75, 3.05) is 11.5 Å². The molecule has 2 aliphatic rings. The Hall–Kier alpha value is -3.10. The van der Waals surface area contributed by atoms with Gasteiger partial charge in [0, 0.05) is 11.5 Å². The van der Waals surface area contributed by atoms with Gasteiger partial charge >= 0.3 is 18.0 Å². The number of β-lactam (4-membered cyclic amide) rings is 1. The van der Waals surface area contributed by atoms with E-state index in [1.54, 1.807) is 30.3 Å². The number of rotatable bonds is 8. The van der Waals surface area contributed by atoms with Crippen LogP contribution in [0.25, 0.3) is 0 Å². The van der Waals surface area contributed by atoms with E-state index in [0.29, 0.717) is 27.0 Å². The number of hydrogen-bond acceptors (Lipinski definition) is 9. The Labute approximate surface area is 206 Å². The maximum Gasteiger partial charge on any atom is 0.352 e. The Kier molecular flexibility index (Phi) is 7.09. The van der Waals surface area contributed by atoms with Crippen molar-refractivity contribution in [3.8, 4) is 0 Å². The molecule has 3 heterocycles. The summed E-state index contributed by atoms with van der Waals surface area (Å²) in [5, 5.41) is 32.2. The molecule has 4 N–H and O–H groups in total. The van der Waals surface area contributed by atoms with E-state index in [0.717, 1.165) is 5.01 Å². The third kappa shape index (κ3) is 4.88. The molecule has 1 saturated heterocycles. The fraction of sp³-hybridized carbons (Fsp3) is 0.300. The Morgan fingerprint density at radius 1 is 1.24 bits per heavy atom. The summed E-state index contributed by atoms with van der Waals surface area (Å²) in [6, 6.07) is 5.07. The highest BCUT2D eigenvalue weighted by molar-refractivity contribution is 8.01. The van der Waals surface area contributed by atoms with E-state index < -0.39 is 41.3 Å². The Balaban J connectivity index is 1.43. The molecule has 34 heavy (non-hydrogen) atoms. The summed E-state index contributed by atoms with van der Waals surface area (Å²) >= 11 is 4.09. The van der Waals surface area contributed by atoms with Crippen LogP contribution in [0.1, 0.15) is 16.6 Å².